The van der Waals surface area contributed by atoms with E-state index >= 15 is 0 Å². The summed E-state index contributed by atoms with van der Waals surface area (Å²) in [6, 6.07) is 8.84. The summed E-state index contributed by atoms with van der Waals surface area (Å²) in [5.74, 6) is 0. The Balaban J connectivity index is 2.00. The fourth-order valence-corrected chi connectivity index (χ4v) is 2.39. The van der Waals surface area contributed by atoms with Crippen molar-refractivity contribution in [2.75, 3.05) is 19.6 Å². The van der Waals surface area contributed by atoms with Gasteiger partial charge in [0.25, 0.3) is 0 Å². The molecule has 1 aromatic carbocycles. The molecule has 1 unspecified atom stereocenters. The molecule has 1 aliphatic heterocycles. The minimum atomic E-state index is 0.244. The van der Waals surface area contributed by atoms with Gasteiger partial charge in [0.05, 0.1) is 6.04 Å². The molecule has 94 valence electrons. The van der Waals surface area contributed by atoms with Crippen LogP contribution < -0.4 is 11.2 Å². The second-order valence-corrected chi connectivity index (χ2v) is 4.88. The van der Waals surface area contributed by atoms with E-state index in [9.17, 15) is 0 Å². The van der Waals surface area contributed by atoms with E-state index in [0.717, 1.165) is 13.1 Å². The first-order valence-electron chi connectivity index (χ1n) is 6.57. The summed E-state index contributed by atoms with van der Waals surface area (Å²) in [5.41, 5.74) is 12.0. The number of nitrogens with two attached hydrogens (primary N) is 1. The molecule has 3 heteroatoms. The predicted molar refractivity (Wildman–Crippen MR) is 71.5 cm³/mol. The second-order valence-electron chi connectivity index (χ2n) is 4.88. The summed E-state index contributed by atoms with van der Waals surface area (Å²) in [6.07, 6.45) is 3.94. The van der Waals surface area contributed by atoms with Gasteiger partial charge >= 0.3 is 0 Å². The molecular formula is C14H23N3. The lowest BCUT2D eigenvalue weighted by Crippen LogP contribution is -2.45. The smallest absolute Gasteiger partial charge is 0.0587 e. The Morgan fingerprint density at radius 1 is 1.29 bits per heavy atom. The van der Waals surface area contributed by atoms with Crippen molar-refractivity contribution in [3.05, 3.63) is 35.4 Å². The minimum Gasteiger partial charge on any atom is -0.329 e. The summed E-state index contributed by atoms with van der Waals surface area (Å²) in [7, 11) is 0. The van der Waals surface area contributed by atoms with Gasteiger partial charge in [-0.15, -0.1) is 0 Å². The number of rotatable bonds is 4. The van der Waals surface area contributed by atoms with Gasteiger partial charge < -0.3 is 5.73 Å². The zero-order valence-corrected chi connectivity index (χ0v) is 10.7. The first-order chi connectivity index (χ1) is 8.29. The van der Waals surface area contributed by atoms with Gasteiger partial charge in [0, 0.05) is 19.6 Å². The summed E-state index contributed by atoms with van der Waals surface area (Å²) < 4.78 is 0. The third kappa shape index (κ3) is 3.53. The van der Waals surface area contributed by atoms with Crippen LogP contribution in [0.3, 0.4) is 0 Å². The Labute approximate surface area is 104 Å². The van der Waals surface area contributed by atoms with Crippen molar-refractivity contribution in [1.82, 2.24) is 10.4 Å². The van der Waals surface area contributed by atoms with Crippen molar-refractivity contribution < 1.29 is 0 Å². The topological polar surface area (TPSA) is 41.3 Å². The Bertz CT molecular complexity index is 345. The molecule has 1 heterocycles. The molecule has 1 aromatic rings. The average Bonchev–Trinajstić information content (AvgIpc) is 2.37. The van der Waals surface area contributed by atoms with Crippen molar-refractivity contribution in [3.8, 4) is 0 Å². The number of hydrogen-bond donors (Lipinski definition) is 2. The van der Waals surface area contributed by atoms with Crippen molar-refractivity contribution in [1.29, 1.82) is 0 Å². The molecule has 3 nitrogen and oxygen atoms in total. The highest BCUT2D eigenvalue weighted by Gasteiger charge is 2.15. The fraction of sp³-hybridized carbons (Fsp3) is 0.571. The average molecular weight is 233 g/mol. The Morgan fingerprint density at radius 2 is 2.06 bits per heavy atom. The van der Waals surface area contributed by atoms with Crippen molar-refractivity contribution in [3.63, 3.8) is 0 Å². The minimum absolute atomic E-state index is 0.244. The maximum absolute atomic E-state index is 5.88. The van der Waals surface area contributed by atoms with Crippen LogP contribution >= 0.6 is 0 Å². The molecule has 0 amide bonds. The number of hydrogen-bond acceptors (Lipinski definition) is 3. The van der Waals surface area contributed by atoms with Crippen LogP contribution in [0.15, 0.2) is 24.3 Å². The van der Waals surface area contributed by atoms with E-state index in [2.05, 4.69) is 41.6 Å². The van der Waals surface area contributed by atoms with Crippen LogP contribution in [-0.2, 0) is 0 Å². The molecule has 0 aromatic heterocycles. The van der Waals surface area contributed by atoms with Crippen LogP contribution in [0.4, 0.5) is 0 Å². The molecule has 17 heavy (non-hydrogen) atoms. The Kier molecular flexibility index (Phi) is 4.54. The van der Waals surface area contributed by atoms with Crippen molar-refractivity contribution in [2.24, 2.45) is 5.73 Å². The van der Waals surface area contributed by atoms with E-state index in [0.29, 0.717) is 6.54 Å². The number of nitrogens with zero attached hydrogens (tertiary/aromatic N) is 1. The predicted octanol–water partition coefficient (Wildman–Crippen LogP) is 1.99. The molecule has 1 saturated heterocycles. The van der Waals surface area contributed by atoms with Crippen LogP contribution in [0.2, 0.25) is 0 Å². The fourth-order valence-electron chi connectivity index (χ4n) is 2.39. The van der Waals surface area contributed by atoms with Crippen LogP contribution in [0, 0.1) is 6.92 Å². The van der Waals surface area contributed by atoms with Gasteiger partial charge in [-0.05, 0) is 25.3 Å². The SMILES string of the molecule is Cc1cccc(C(CN)NN2CCCCC2)c1. The molecular weight excluding hydrogens is 210 g/mol. The molecule has 3 N–H and O–H groups in total. The van der Waals surface area contributed by atoms with Gasteiger partial charge in [-0.1, -0.05) is 36.2 Å². The quantitative estimate of drug-likeness (QED) is 0.835. The lowest BCUT2D eigenvalue weighted by Gasteiger charge is -2.31. The van der Waals surface area contributed by atoms with Crippen LogP contribution in [0.1, 0.15) is 36.4 Å². The summed E-state index contributed by atoms with van der Waals surface area (Å²) in [5, 5.41) is 2.32. The molecule has 0 aliphatic carbocycles. The molecule has 0 bridgehead atoms. The van der Waals surface area contributed by atoms with Crippen LogP contribution in [0.5, 0.6) is 0 Å². The Morgan fingerprint density at radius 3 is 2.71 bits per heavy atom. The zero-order chi connectivity index (χ0) is 12.1. The molecule has 0 spiro atoms. The highest BCUT2D eigenvalue weighted by atomic mass is 15.5. The maximum atomic E-state index is 5.88. The highest BCUT2D eigenvalue weighted by Crippen LogP contribution is 2.15. The largest absolute Gasteiger partial charge is 0.329 e. The number of nitrogens with one attached hydrogen (secondary N) is 1. The van der Waals surface area contributed by atoms with E-state index in [1.807, 2.05) is 0 Å². The van der Waals surface area contributed by atoms with E-state index in [4.69, 9.17) is 5.73 Å². The van der Waals surface area contributed by atoms with Crippen LogP contribution in [-0.4, -0.2) is 24.6 Å². The monoisotopic (exact) mass is 233 g/mol. The van der Waals surface area contributed by atoms with E-state index in [-0.39, 0.29) is 6.04 Å². The first-order valence-corrected chi connectivity index (χ1v) is 6.57. The first kappa shape index (κ1) is 12.6. The van der Waals surface area contributed by atoms with Gasteiger partial charge in [0.2, 0.25) is 0 Å². The summed E-state index contributed by atoms with van der Waals surface area (Å²) >= 11 is 0. The van der Waals surface area contributed by atoms with Gasteiger partial charge in [-0.2, -0.15) is 0 Å². The van der Waals surface area contributed by atoms with Crippen LogP contribution in [0.25, 0.3) is 0 Å². The molecule has 0 saturated carbocycles. The van der Waals surface area contributed by atoms with Gasteiger partial charge in [-0.25, -0.2) is 10.4 Å². The Hall–Kier alpha value is -0.900. The van der Waals surface area contributed by atoms with E-state index in [1.54, 1.807) is 0 Å². The van der Waals surface area contributed by atoms with Gasteiger partial charge in [0.1, 0.15) is 0 Å². The summed E-state index contributed by atoms with van der Waals surface area (Å²) in [4.78, 5) is 0. The second kappa shape index (κ2) is 6.15. The van der Waals surface area contributed by atoms with Crippen molar-refractivity contribution >= 4 is 0 Å². The van der Waals surface area contributed by atoms with Crippen molar-refractivity contribution in [2.45, 2.75) is 32.2 Å². The molecule has 1 aliphatic rings. The summed E-state index contributed by atoms with van der Waals surface area (Å²) in [6.45, 7) is 5.04. The van der Waals surface area contributed by atoms with E-state index < -0.39 is 0 Å². The third-order valence-corrected chi connectivity index (χ3v) is 3.37. The number of benzene rings is 1. The van der Waals surface area contributed by atoms with Gasteiger partial charge in [0.15, 0.2) is 0 Å². The number of hydrazine groups is 1. The standard InChI is InChI=1S/C14H23N3/c1-12-6-5-7-13(10-12)14(11-15)16-17-8-3-2-4-9-17/h5-7,10,14,16H,2-4,8-9,11,15H2,1H3. The molecule has 2 rings (SSSR count). The van der Waals surface area contributed by atoms with E-state index in [1.165, 1.54) is 30.4 Å². The molecule has 1 fully saturated rings. The maximum Gasteiger partial charge on any atom is 0.0587 e. The molecule has 0 radical (unpaired) electrons. The highest BCUT2D eigenvalue weighted by molar-refractivity contribution is 5.25. The lowest BCUT2D eigenvalue weighted by molar-refractivity contribution is 0.130. The zero-order valence-electron chi connectivity index (χ0n) is 10.7. The lowest BCUT2D eigenvalue weighted by atomic mass is 10.0. The third-order valence-electron chi connectivity index (χ3n) is 3.37. The normalized spacial score (nSPS) is 19.2. The number of piperidine rings is 1. The van der Waals surface area contributed by atoms with Gasteiger partial charge in [-0.3, -0.25) is 0 Å². The number of aryl methyl sites for hydroxylation is 1. The molecule has 1 atom stereocenters.